The van der Waals surface area contributed by atoms with Crippen LogP contribution in [0.5, 0.6) is 0 Å². The standard InChI is InChI=1S/C19H18NO2/c1-15-10-11-19(13-18(15)9-6-12-20-21)16(2)22-14-17-7-4-3-5-8-17/h3-13,20H,1-2,14H2/q-1/b12-6-,18-9-. The van der Waals surface area contributed by atoms with E-state index in [1.54, 1.807) is 17.6 Å². The highest BCUT2D eigenvalue weighted by atomic mass is 16.5. The van der Waals surface area contributed by atoms with Gasteiger partial charge in [-0.2, -0.15) is 0 Å². The van der Waals surface area contributed by atoms with Crippen LogP contribution in [0.15, 0.2) is 67.4 Å². The van der Waals surface area contributed by atoms with Gasteiger partial charge in [-0.05, 0) is 34.3 Å². The summed E-state index contributed by atoms with van der Waals surface area (Å²) in [4.78, 5) is 0. The monoisotopic (exact) mass is 292 g/mol. The third-order valence-corrected chi connectivity index (χ3v) is 3.16. The first-order chi connectivity index (χ1) is 10.7. The number of allylic oxidation sites excluding steroid dienone is 1. The molecule has 2 aromatic rings. The highest BCUT2D eigenvalue weighted by molar-refractivity contribution is 5.58. The summed E-state index contributed by atoms with van der Waals surface area (Å²) in [6.07, 6.45) is 4.75. The van der Waals surface area contributed by atoms with E-state index in [0.717, 1.165) is 21.6 Å². The molecule has 0 spiro atoms. The molecule has 0 bridgehead atoms. The van der Waals surface area contributed by atoms with Gasteiger partial charge in [0.05, 0.1) is 0 Å². The molecule has 0 aliphatic rings. The van der Waals surface area contributed by atoms with Crippen molar-refractivity contribution in [1.29, 1.82) is 0 Å². The van der Waals surface area contributed by atoms with Crippen LogP contribution in [-0.2, 0) is 11.3 Å². The molecule has 3 heteroatoms. The molecule has 112 valence electrons. The molecule has 0 saturated heterocycles. The third kappa shape index (κ3) is 4.36. The molecule has 0 fully saturated rings. The number of rotatable bonds is 6. The first-order valence-corrected chi connectivity index (χ1v) is 6.90. The van der Waals surface area contributed by atoms with Gasteiger partial charge in [0.25, 0.3) is 0 Å². The summed E-state index contributed by atoms with van der Waals surface area (Å²) in [7, 11) is 0. The van der Waals surface area contributed by atoms with E-state index in [-0.39, 0.29) is 0 Å². The Morgan fingerprint density at radius 3 is 2.68 bits per heavy atom. The average molecular weight is 292 g/mol. The van der Waals surface area contributed by atoms with E-state index in [4.69, 9.17) is 4.74 Å². The van der Waals surface area contributed by atoms with Crippen LogP contribution in [-0.4, -0.2) is 0 Å². The smallest absolute Gasteiger partial charge is 0.119 e. The molecule has 0 heterocycles. The minimum Gasteiger partial charge on any atom is -0.761 e. The predicted octanol–water partition coefficient (Wildman–Crippen LogP) is 2.67. The molecule has 0 aliphatic heterocycles. The van der Waals surface area contributed by atoms with Crippen LogP contribution < -0.4 is 15.9 Å². The maximum Gasteiger partial charge on any atom is 0.119 e. The van der Waals surface area contributed by atoms with Crippen LogP contribution in [0.2, 0.25) is 0 Å². The quantitative estimate of drug-likeness (QED) is 0.657. The lowest BCUT2D eigenvalue weighted by atomic mass is 10.1. The molecule has 0 saturated carbocycles. The molecule has 0 radical (unpaired) electrons. The minimum absolute atomic E-state index is 0.477. The van der Waals surface area contributed by atoms with Crippen molar-refractivity contribution < 1.29 is 4.74 Å². The second-order valence-electron chi connectivity index (χ2n) is 4.75. The number of benzene rings is 2. The first kappa shape index (κ1) is 15.6. The van der Waals surface area contributed by atoms with Gasteiger partial charge in [0, 0.05) is 5.56 Å². The van der Waals surface area contributed by atoms with E-state index in [9.17, 15) is 5.21 Å². The van der Waals surface area contributed by atoms with Gasteiger partial charge in [0.15, 0.2) is 0 Å². The van der Waals surface area contributed by atoms with Gasteiger partial charge in [0.2, 0.25) is 0 Å². The van der Waals surface area contributed by atoms with E-state index < -0.39 is 0 Å². The maximum atomic E-state index is 10.2. The van der Waals surface area contributed by atoms with Crippen molar-refractivity contribution in [3.63, 3.8) is 0 Å². The first-order valence-electron chi connectivity index (χ1n) is 6.90. The van der Waals surface area contributed by atoms with Crippen LogP contribution in [0.4, 0.5) is 0 Å². The molecule has 0 aromatic heterocycles. The van der Waals surface area contributed by atoms with Gasteiger partial charge in [-0.1, -0.05) is 61.7 Å². The molecule has 0 amide bonds. The summed E-state index contributed by atoms with van der Waals surface area (Å²) in [5.41, 5.74) is 3.69. The Labute approximate surface area is 130 Å². The molecule has 2 aromatic carbocycles. The Hall–Kier alpha value is -2.78. The Kier molecular flexibility index (Phi) is 5.57. The molecule has 0 atom stereocenters. The van der Waals surface area contributed by atoms with Crippen LogP contribution in [0.1, 0.15) is 11.1 Å². The molecule has 22 heavy (non-hydrogen) atoms. The summed E-state index contributed by atoms with van der Waals surface area (Å²) in [6, 6.07) is 15.7. The van der Waals surface area contributed by atoms with Crippen molar-refractivity contribution in [3.8, 4) is 0 Å². The highest BCUT2D eigenvalue weighted by Crippen LogP contribution is 2.13. The second kappa shape index (κ2) is 7.86. The third-order valence-electron chi connectivity index (χ3n) is 3.16. The van der Waals surface area contributed by atoms with Gasteiger partial charge in [-0.25, -0.2) is 0 Å². The van der Waals surface area contributed by atoms with Gasteiger partial charge < -0.3 is 15.4 Å². The number of hydrogen-bond acceptors (Lipinski definition) is 3. The zero-order chi connectivity index (χ0) is 15.8. The van der Waals surface area contributed by atoms with Crippen molar-refractivity contribution in [3.05, 3.63) is 94.2 Å². The Morgan fingerprint density at radius 1 is 1.18 bits per heavy atom. The average Bonchev–Trinajstić information content (AvgIpc) is 2.55. The number of hydroxylamine groups is 1. The topological polar surface area (TPSA) is 44.3 Å². The summed E-state index contributed by atoms with van der Waals surface area (Å²) >= 11 is 0. The highest BCUT2D eigenvalue weighted by Gasteiger charge is 2.00. The Balaban J connectivity index is 2.13. The fourth-order valence-corrected chi connectivity index (χ4v) is 1.94. The number of nitrogens with one attached hydrogen (secondary N) is 1. The molecule has 3 nitrogen and oxygen atoms in total. The lowest BCUT2D eigenvalue weighted by Gasteiger charge is -2.09. The SMILES string of the molecule is C=C(OCc1ccccc1)c1ccc(=C)/c(=C\C=C/N[O-])c1. The van der Waals surface area contributed by atoms with Crippen LogP contribution in [0.3, 0.4) is 0 Å². The van der Waals surface area contributed by atoms with E-state index in [1.807, 2.05) is 48.5 Å². The van der Waals surface area contributed by atoms with Crippen molar-refractivity contribution in [2.75, 3.05) is 0 Å². The van der Waals surface area contributed by atoms with Crippen molar-refractivity contribution in [2.24, 2.45) is 0 Å². The molecular formula is C19H18NO2-. The normalized spacial score (nSPS) is 11.6. The van der Waals surface area contributed by atoms with E-state index >= 15 is 0 Å². The van der Waals surface area contributed by atoms with Crippen molar-refractivity contribution in [1.82, 2.24) is 5.48 Å². The van der Waals surface area contributed by atoms with Crippen LogP contribution >= 0.6 is 0 Å². The molecule has 1 N–H and O–H groups in total. The van der Waals surface area contributed by atoms with E-state index in [1.165, 1.54) is 6.20 Å². The zero-order valence-electron chi connectivity index (χ0n) is 12.3. The van der Waals surface area contributed by atoms with Crippen molar-refractivity contribution in [2.45, 2.75) is 6.61 Å². The van der Waals surface area contributed by atoms with Crippen LogP contribution in [0.25, 0.3) is 18.4 Å². The fourth-order valence-electron chi connectivity index (χ4n) is 1.94. The van der Waals surface area contributed by atoms with Crippen LogP contribution in [0, 0.1) is 5.21 Å². The maximum absolute atomic E-state index is 10.2. The molecule has 0 aliphatic carbocycles. The summed E-state index contributed by atoms with van der Waals surface area (Å²) in [5.74, 6) is 0.601. The summed E-state index contributed by atoms with van der Waals surface area (Å²) in [6.45, 7) is 8.41. The predicted molar refractivity (Wildman–Crippen MR) is 91.6 cm³/mol. The minimum atomic E-state index is 0.477. The van der Waals surface area contributed by atoms with Gasteiger partial charge in [-0.15, -0.1) is 0 Å². The lowest BCUT2D eigenvalue weighted by molar-refractivity contribution is 0.265. The van der Waals surface area contributed by atoms with Gasteiger partial charge >= 0.3 is 0 Å². The summed E-state index contributed by atoms with van der Waals surface area (Å²) < 4.78 is 5.73. The second-order valence-corrected chi connectivity index (χ2v) is 4.75. The van der Waals surface area contributed by atoms with E-state index in [0.29, 0.717) is 12.4 Å². The Bertz CT molecular complexity index is 764. The fraction of sp³-hybridized carbons (Fsp3) is 0.0526. The largest absolute Gasteiger partial charge is 0.761 e. The zero-order valence-corrected chi connectivity index (χ0v) is 12.3. The number of hydrogen-bond donors (Lipinski definition) is 1. The van der Waals surface area contributed by atoms with Gasteiger partial charge in [0.1, 0.15) is 12.4 Å². The summed E-state index contributed by atoms with van der Waals surface area (Å²) in [5, 5.41) is 12.0. The molecular weight excluding hydrogens is 274 g/mol. The Morgan fingerprint density at radius 2 is 1.95 bits per heavy atom. The molecule has 0 unspecified atom stereocenters. The number of ether oxygens (including phenoxy) is 1. The molecule has 2 rings (SSSR count). The van der Waals surface area contributed by atoms with Gasteiger partial charge in [-0.3, -0.25) is 0 Å². The van der Waals surface area contributed by atoms with Crippen molar-refractivity contribution >= 4 is 18.4 Å². The lowest BCUT2D eigenvalue weighted by Crippen LogP contribution is -2.22. The van der Waals surface area contributed by atoms with E-state index in [2.05, 4.69) is 13.2 Å².